The SMILES string of the molecule is CCN(C(=O)C1CC(=O)N(C(C)(C)C)C1)C1CCS(=O)(=O)C1. The first-order valence-electron chi connectivity index (χ1n) is 7.86. The van der Waals surface area contributed by atoms with E-state index in [4.69, 9.17) is 0 Å². The normalized spacial score (nSPS) is 28.2. The molecule has 0 spiro atoms. The number of hydrogen-bond donors (Lipinski definition) is 0. The van der Waals surface area contributed by atoms with Gasteiger partial charge in [-0.15, -0.1) is 0 Å². The van der Waals surface area contributed by atoms with Gasteiger partial charge in [-0.1, -0.05) is 0 Å². The van der Waals surface area contributed by atoms with E-state index in [0.29, 0.717) is 19.5 Å². The second-order valence-corrected chi connectivity index (χ2v) is 9.49. The third-order valence-electron chi connectivity index (χ3n) is 4.56. The van der Waals surface area contributed by atoms with Crippen LogP contribution in [0.25, 0.3) is 0 Å². The Labute approximate surface area is 132 Å². The van der Waals surface area contributed by atoms with Crippen molar-refractivity contribution < 1.29 is 18.0 Å². The molecule has 126 valence electrons. The minimum absolute atomic E-state index is 0.000876. The summed E-state index contributed by atoms with van der Waals surface area (Å²) in [5, 5.41) is 0. The van der Waals surface area contributed by atoms with Gasteiger partial charge in [0.25, 0.3) is 0 Å². The molecule has 2 saturated heterocycles. The molecule has 0 aromatic rings. The Kier molecular flexibility index (Phi) is 4.57. The highest BCUT2D eigenvalue weighted by molar-refractivity contribution is 7.91. The highest BCUT2D eigenvalue weighted by atomic mass is 32.2. The number of rotatable bonds is 3. The molecule has 2 unspecified atom stereocenters. The highest BCUT2D eigenvalue weighted by Gasteiger charge is 2.43. The number of sulfone groups is 1. The van der Waals surface area contributed by atoms with Crippen LogP contribution in [0.3, 0.4) is 0 Å². The van der Waals surface area contributed by atoms with E-state index in [-0.39, 0.29) is 47.2 Å². The fourth-order valence-electron chi connectivity index (χ4n) is 3.37. The Morgan fingerprint density at radius 3 is 2.41 bits per heavy atom. The van der Waals surface area contributed by atoms with Gasteiger partial charge in [0, 0.05) is 31.1 Å². The quantitative estimate of drug-likeness (QED) is 0.762. The van der Waals surface area contributed by atoms with Gasteiger partial charge in [-0.3, -0.25) is 9.59 Å². The molecule has 2 aliphatic heterocycles. The molecule has 0 saturated carbocycles. The Bertz CT molecular complexity index is 565. The zero-order valence-electron chi connectivity index (χ0n) is 13.8. The molecule has 2 atom stereocenters. The first kappa shape index (κ1) is 17.2. The zero-order chi connectivity index (χ0) is 16.7. The summed E-state index contributed by atoms with van der Waals surface area (Å²) in [6.45, 7) is 8.65. The van der Waals surface area contributed by atoms with E-state index in [1.54, 1.807) is 9.80 Å². The van der Waals surface area contributed by atoms with Crippen molar-refractivity contribution in [3.8, 4) is 0 Å². The highest BCUT2D eigenvalue weighted by Crippen LogP contribution is 2.28. The number of carbonyl (C=O) groups is 2. The van der Waals surface area contributed by atoms with Gasteiger partial charge in [-0.2, -0.15) is 0 Å². The molecule has 2 aliphatic rings. The molecule has 6 nitrogen and oxygen atoms in total. The molecule has 7 heteroatoms. The van der Waals surface area contributed by atoms with Crippen LogP contribution in [-0.4, -0.2) is 66.2 Å². The van der Waals surface area contributed by atoms with Crippen LogP contribution in [0.15, 0.2) is 0 Å². The second-order valence-electron chi connectivity index (χ2n) is 7.26. The van der Waals surface area contributed by atoms with Crippen molar-refractivity contribution in [1.82, 2.24) is 9.80 Å². The molecule has 2 amide bonds. The minimum atomic E-state index is -3.02. The van der Waals surface area contributed by atoms with Crippen LogP contribution in [0, 0.1) is 5.92 Å². The summed E-state index contributed by atoms with van der Waals surface area (Å²) in [7, 11) is -3.02. The van der Waals surface area contributed by atoms with Gasteiger partial charge in [-0.25, -0.2) is 8.42 Å². The lowest BCUT2D eigenvalue weighted by atomic mass is 10.0. The molecular weight excluding hydrogens is 304 g/mol. The smallest absolute Gasteiger partial charge is 0.228 e. The number of likely N-dealkylation sites (tertiary alicyclic amines) is 1. The van der Waals surface area contributed by atoms with Crippen LogP contribution >= 0.6 is 0 Å². The van der Waals surface area contributed by atoms with E-state index in [1.807, 2.05) is 27.7 Å². The van der Waals surface area contributed by atoms with Gasteiger partial charge >= 0.3 is 0 Å². The topological polar surface area (TPSA) is 74.8 Å². The maximum Gasteiger partial charge on any atom is 0.228 e. The minimum Gasteiger partial charge on any atom is -0.339 e. The summed E-state index contributed by atoms with van der Waals surface area (Å²) in [5.41, 5.74) is -0.292. The van der Waals surface area contributed by atoms with Crippen LogP contribution in [0.2, 0.25) is 0 Å². The van der Waals surface area contributed by atoms with Crippen LogP contribution in [0.5, 0.6) is 0 Å². The number of hydrogen-bond acceptors (Lipinski definition) is 4. The summed E-state index contributed by atoms with van der Waals surface area (Å²) < 4.78 is 23.3. The molecule has 2 rings (SSSR count). The Hall–Kier alpha value is -1.11. The number of amides is 2. The van der Waals surface area contributed by atoms with Gasteiger partial charge in [0.05, 0.1) is 17.4 Å². The van der Waals surface area contributed by atoms with Crippen LogP contribution in [0.1, 0.15) is 40.5 Å². The van der Waals surface area contributed by atoms with Gasteiger partial charge < -0.3 is 9.80 Å². The second kappa shape index (κ2) is 5.83. The van der Waals surface area contributed by atoms with E-state index in [2.05, 4.69) is 0 Å². The van der Waals surface area contributed by atoms with E-state index >= 15 is 0 Å². The lowest BCUT2D eigenvalue weighted by molar-refractivity contribution is -0.137. The predicted molar refractivity (Wildman–Crippen MR) is 84.0 cm³/mol. The average Bonchev–Trinajstić information content (AvgIpc) is 2.93. The van der Waals surface area contributed by atoms with Crippen molar-refractivity contribution in [3.63, 3.8) is 0 Å². The van der Waals surface area contributed by atoms with E-state index in [1.165, 1.54) is 0 Å². The molecule has 0 aliphatic carbocycles. The summed E-state index contributed by atoms with van der Waals surface area (Å²) in [5.74, 6) is -0.226. The fourth-order valence-corrected chi connectivity index (χ4v) is 5.10. The molecule has 0 aromatic heterocycles. The van der Waals surface area contributed by atoms with Crippen molar-refractivity contribution in [2.24, 2.45) is 5.92 Å². The van der Waals surface area contributed by atoms with E-state index in [9.17, 15) is 18.0 Å². The Balaban J connectivity index is 2.09. The summed E-state index contributed by atoms with van der Waals surface area (Å²) >= 11 is 0. The Morgan fingerprint density at radius 2 is 2.00 bits per heavy atom. The first-order chi connectivity index (χ1) is 10.0. The van der Waals surface area contributed by atoms with Crippen molar-refractivity contribution in [1.29, 1.82) is 0 Å². The van der Waals surface area contributed by atoms with Crippen LogP contribution in [-0.2, 0) is 19.4 Å². The van der Waals surface area contributed by atoms with Crippen molar-refractivity contribution >= 4 is 21.7 Å². The summed E-state index contributed by atoms with van der Waals surface area (Å²) in [4.78, 5) is 28.3. The summed E-state index contributed by atoms with van der Waals surface area (Å²) in [6.07, 6.45) is 0.734. The van der Waals surface area contributed by atoms with Crippen molar-refractivity contribution in [3.05, 3.63) is 0 Å². The van der Waals surface area contributed by atoms with Crippen molar-refractivity contribution in [2.45, 2.75) is 52.1 Å². The molecule has 0 N–H and O–H groups in total. The largest absolute Gasteiger partial charge is 0.339 e. The molecular formula is C15H26N2O4S. The Morgan fingerprint density at radius 1 is 1.36 bits per heavy atom. The summed E-state index contributed by atoms with van der Waals surface area (Å²) in [6, 6.07) is -0.235. The third-order valence-corrected chi connectivity index (χ3v) is 6.31. The van der Waals surface area contributed by atoms with E-state index < -0.39 is 9.84 Å². The number of nitrogens with zero attached hydrogens (tertiary/aromatic N) is 2. The third kappa shape index (κ3) is 3.45. The molecule has 0 aromatic carbocycles. The zero-order valence-corrected chi connectivity index (χ0v) is 14.6. The van der Waals surface area contributed by atoms with Gasteiger partial charge in [0.2, 0.25) is 11.8 Å². The molecule has 2 fully saturated rings. The van der Waals surface area contributed by atoms with E-state index in [0.717, 1.165) is 0 Å². The molecule has 2 heterocycles. The monoisotopic (exact) mass is 330 g/mol. The van der Waals surface area contributed by atoms with Crippen LogP contribution < -0.4 is 0 Å². The van der Waals surface area contributed by atoms with Gasteiger partial charge in [-0.05, 0) is 34.1 Å². The first-order valence-corrected chi connectivity index (χ1v) is 9.68. The van der Waals surface area contributed by atoms with Crippen LogP contribution in [0.4, 0.5) is 0 Å². The number of carbonyl (C=O) groups excluding carboxylic acids is 2. The molecule has 22 heavy (non-hydrogen) atoms. The lowest BCUT2D eigenvalue weighted by Crippen LogP contribution is -2.46. The maximum atomic E-state index is 12.7. The standard InChI is InChI=1S/C15H26N2O4S/c1-5-16(12-6-7-22(20,21)10-12)14(19)11-8-13(18)17(9-11)15(2,3)4/h11-12H,5-10H2,1-4H3. The molecule has 0 radical (unpaired) electrons. The van der Waals surface area contributed by atoms with Gasteiger partial charge in [0.15, 0.2) is 9.84 Å². The molecule has 0 bridgehead atoms. The fraction of sp³-hybridized carbons (Fsp3) is 0.867. The predicted octanol–water partition coefficient (Wildman–Crippen LogP) is 0.669. The van der Waals surface area contributed by atoms with Gasteiger partial charge in [0.1, 0.15) is 0 Å². The lowest BCUT2D eigenvalue weighted by Gasteiger charge is -2.33. The average molecular weight is 330 g/mol. The van der Waals surface area contributed by atoms with Crippen molar-refractivity contribution in [2.75, 3.05) is 24.6 Å². The maximum absolute atomic E-state index is 12.7.